The Kier molecular flexibility index (Phi) is 5.11. The minimum absolute atomic E-state index is 0.138. The van der Waals surface area contributed by atoms with Crippen molar-refractivity contribution in [3.63, 3.8) is 0 Å². The van der Waals surface area contributed by atoms with Crippen LogP contribution >= 0.6 is 0 Å². The molecule has 1 saturated carbocycles. The molecule has 0 aromatic heterocycles. The molecule has 120 valence electrons. The number of carbonyl (C=O) groups is 2. The highest BCUT2D eigenvalue weighted by molar-refractivity contribution is 5.94. The van der Waals surface area contributed by atoms with Gasteiger partial charge in [-0.25, -0.2) is 8.78 Å². The van der Waals surface area contributed by atoms with Gasteiger partial charge >= 0.3 is 5.97 Å². The number of carbonyl (C=O) groups excluding carboxylic acids is 1. The van der Waals surface area contributed by atoms with Gasteiger partial charge in [0.05, 0.1) is 11.1 Å². The topological polar surface area (TPSA) is 66.4 Å². The van der Waals surface area contributed by atoms with E-state index in [-0.39, 0.29) is 12.1 Å². The summed E-state index contributed by atoms with van der Waals surface area (Å²) < 4.78 is 26.4. The van der Waals surface area contributed by atoms with Crippen LogP contribution in [0, 0.1) is 17.0 Å². The first-order valence-corrected chi connectivity index (χ1v) is 7.41. The smallest absolute Gasteiger partial charge is 0.310 e. The molecule has 0 atom stereocenters. The normalized spacial score (nSPS) is 17.5. The van der Waals surface area contributed by atoms with Crippen LogP contribution in [0.25, 0.3) is 0 Å². The molecule has 1 fully saturated rings. The summed E-state index contributed by atoms with van der Waals surface area (Å²) in [5.41, 5.74) is -1.22. The number of amides is 1. The molecule has 6 heteroatoms. The molecular weight excluding hydrogens is 292 g/mol. The van der Waals surface area contributed by atoms with Crippen molar-refractivity contribution in [1.82, 2.24) is 0 Å². The molecule has 1 aliphatic rings. The molecule has 0 heterocycles. The average Bonchev–Trinajstić information content (AvgIpc) is 2.68. The summed E-state index contributed by atoms with van der Waals surface area (Å²) in [4.78, 5) is 23.7. The van der Waals surface area contributed by atoms with E-state index in [2.05, 4.69) is 5.32 Å². The highest BCUT2D eigenvalue weighted by Gasteiger charge is 2.40. The first-order chi connectivity index (χ1) is 10.4. The number of halogens is 2. The van der Waals surface area contributed by atoms with Crippen LogP contribution in [0.3, 0.4) is 0 Å². The number of rotatable bonds is 4. The number of anilines is 1. The average molecular weight is 311 g/mol. The van der Waals surface area contributed by atoms with Crippen molar-refractivity contribution < 1.29 is 23.5 Å². The summed E-state index contributed by atoms with van der Waals surface area (Å²) in [6, 6.07) is 2.84. The van der Waals surface area contributed by atoms with Crippen molar-refractivity contribution in [1.29, 1.82) is 0 Å². The molecule has 0 spiro atoms. The van der Waals surface area contributed by atoms with Gasteiger partial charge in [-0.15, -0.1) is 0 Å². The summed E-state index contributed by atoms with van der Waals surface area (Å²) in [6.07, 6.45) is 4.16. The molecule has 0 unspecified atom stereocenters. The fourth-order valence-corrected chi connectivity index (χ4v) is 2.96. The summed E-state index contributed by atoms with van der Waals surface area (Å²) >= 11 is 0. The maximum Gasteiger partial charge on any atom is 0.310 e. The highest BCUT2D eigenvalue weighted by Crippen LogP contribution is 2.38. The Balaban J connectivity index is 2.09. The van der Waals surface area contributed by atoms with Crippen LogP contribution in [0.15, 0.2) is 18.2 Å². The standard InChI is InChI=1S/C16H19F2NO3/c17-11-5-6-13(12(18)9-11)19-14(20)10-16(15(21)22)7-3-1-2-4-8-16/h5-6,9H,1-4,7-8,10H2,(H,19,20)(H,21,22). The van der Waals surface area contributed by atoms with Crippen molar-refractivity contribution in [3.8, 4) is 0 Å². The monoisotopic (exact) mass is 311 g/mol. The van der Waals surface area contributed by atoms with Gasteiger partial charge in [-0.05, 0) is 25.0 Å². The molecule has 0 radical (unpaired) electrons. The van der Waals surface area contributed by atoms with Crippen molar-refractivity contribution in [2.75, 3.05) is 5.32 Å². The van der Waals surface area contributed by atoms with Gasteiger partial charge in [0, 0.05) is 12.5 Å². The quantitative estimate of drug-likeness (QED) is 0.833. The predicted molar refractivity (Wildman–Crippen MR) is 77.4 cm³/mol. The Morgan fingerprint density at radius 1 is 1.14 bits per heavy atom. The Labute approximate surface area is 127 Å². The SMILES string of the molecule is O=C(CC1(C(=O)O)CCCCCC1)Nc1ccc(F)cc1F. The fourth-order valence-electron chi connectivity index (χ4n) is 2.96. The lowest BCUT2D eigenvalue weighted by Crippen LogP contribution is -2.35. The molecule has 1 aromatic carbocycles. The van der Waals surface area contributed by atoms with Crippen LogP contribution in [0.5, 0.6) is 0 Å². The molecule has 4 nitrogen and oxygen atoms in total. The van der Waals surface area contributed by atoms with Gasteiger partial charge in [0.1, 0.15) is 11.6 Å². The fraction of sp³-hybridized carbons (Fsp3) is 0.500. The Bertz CT molecular complexity index is 567. The Morgan fingerprint density at radius 3 is 2.32 bits per heavy atom. The number of hydrogen-bond acceptors (Lipinski definition) is 2. The lowest BCUT2D eigenvalue weighted by atomic mass is 9.77. The highest BCUT2D eigenvalue weighted by atomic mass is 19.1. The molecule has 1 amide bonds. The predicted octanol–water partition coefficient (Wildman–Crippen LogP) is 3.72. The molecule has 1 aliphatic carbocycles. The summed E-state index contributed by atoms with van der Waals surface area (Å²) in [6.45, 7) is 0. The van der Waals surface area contributed by atoms with E-state index in [0.717, 1.165) is 37.8 Å². The van der Waals surface area contributed by atoms with Crippen molar-refractivity contribution >= 4 is 17.6 Å². The van der Waals surface area contributed by atoms with Crippen molar-refractivity contribution in [2.24, 2.45) is 5.41 Å². The van der Waals surface area contributed by atoms with Crippen LogP contribution in [-0.2, 0) is 9.59 Å². The van der Waals surface area contributed by atoms with Gasteiger partial charge in [-0.2, -0.15) is 0 Å². The number of aliphatic carboxylic acids is 1. The van der Waals surface area contributed by atoms with Gasteiger partial charge in [0.15, 0.2) is 0 Å². The largest absolute Gasteiger partial charge is 0.481 e. The zero-order valence-electron chi connectivity index (χ0n) is 12.2. The van der Waals surface area contributed by atoms with Gasteiger partial charge in [0.2, 0.25) is 5.91 Å². The number of carboxylic acids is 1. The first-order valence-electron chi connectivity index (χ1n) is 7.41. The second-order valence-electron chi connectivity index (χ2n) is 5.85. The number of benzene rings is 1. The molecule has 0 aliphatic heterocycles. The summed E-state index contributed by atoms with van der Waals surface area (Å²) in [7, 11) is 0. The molecule has 2 rings (SSSR count). The summed E-state index contributed by atoms with van der Waals surface area (Å²) in [5.74, 6) is -3.15. The van der Waals surface area contributed by atoms with Crippen LogP contribution in [-0.4, -0.2) is 17.0 Å². The Hall–Kier alpha value is -1.98. The number of carboxylic acid groups (broad SMARTS) is 1. The van der Waals surface area contributed by atoms with E-state index in [4.69, 9.17) is 0 Å². The van der Waals surface area contributed by atoms with E-state index in [1.165, 1.54) is 0 Å². The van der Waals surface area contributed by atoms with E-state index < -0.39 is 28.9 Å². The van der Waals surface area contributed by atoms with E-state index in [9.17, 15) is 23.5 Å². The van der Waals surface area contributed by atoms with Crippen LogP contribution < -0.4 is 5.32 Å². The zero-order valence-corrected chi connectivity index (χ0v) is 12.2. The molecular formula is C16H19F2NO3. The van der Waals surface area contributed by atoms with Gasteiger partial charge < -0.3 is 10.4 Å². The molecule has 0 bridgehead atoms. The van der Waals surface area contributed by atoms with E-state index in [0.29, 0.717) is 18.9 Å². The van der Waals surface area contributed by atoms with Gasteiger partial charge in [0.25, 0.3) is 0 Å². The Morgan fingerprint density at radius 2 is 1.77 bits per heavy atom. The summed E-state index contributed by atoms with van der Waals surface area (Å²) in [5, 5.41) is 11.9. The number of nitrogens with one attached hydrogen (secondary N) is 1. The third-order valence-electron chi connectivity index (χ3n) is 4.22. The third-order valence-corrected chi connectivity index (χ3v) is 4.22. The minimum Gasteiger partial charge on any atom is -0.481 e. The van der Waals surface area contributed by atoms with Gasteiger partial charge in [-0.1, -0.05) is 25.7 Å². The van der Waals surface area contributed by atoms with Crippen LogP contribution in [0.4, 0.5) is 14.5 Å². The minimum atomic E-state index is -1.09. The molecule has 2 N–H and O–H groups in total. The second kappa shape index (κ2) is 6.85. The molecule has 22 heavy (non-hydrogen) atoms. The van der Waals surface area contributed by atoms with E-state index in [1.807, 2.05) is 0 Å². The van der Waals surface area contributed by atoms with Gasteiger partial charge in [-0.3, -0.25) is 9.59 Å². The molecule has 0 saturated heterocycles. The van der Waals surface area contributed by atoms with Crippen molar-refractivity contribution in [2.45, 2.75) is 44.9 Å². The number of hydrogen-bond donors (Lipinski definition) is 2. The van der Waals surface area contributed by atoms with Crippen molar-refractivity contribution in [3.05, 3.63) is 29.8 Å². The molecule has 1 aromatic rings. The van der Waals surface area contributed by atoms with Crippen LogP contribution in [0.1, 0.15) is 44.9 Å². The van der Waals surface area contributed by atoms with E-state index >= 15 is 0 Å². The lowest BCUT2D eigenvalue weighted by Gasteiger charge is -2.27. The maximum absolute atomic E-state index is 13.5. The second-order valence-corrected chi connectivity index (χ2v) is 5.85. The first kappa shape index (κ1) is 16.4. The maximum atomic E-state index is 13.5. The third kappa shape index (κ3) is 3.81. The van der Waals surface area contributed by atoms with Crippen LogP contribution in [0.2, 0.25) is 0 Å². The zero-order chi connectivity index (χ0) is 16.2. The lowest BCUT2D eigenvalue weighted by molar-refractivity contribution is -0.152. The van der Waals surface area contributed by atoms with E-state index in [1.54, 1.807) is 0 Å².